The first-order chi connectivity index (χ1) is 10.9. The van der Waals surface area contributed by atoms with E-state index in [2.05, 4.69) is 5.32 Å². The van der Waals surface area contributed by atoms with Gasteiger partial charge in [0.2, 0.25) is 5.91 Å². The van der Waals surface area contributed by atoms with Crippen LogP contribution in [-0.2, 0) is 14.3 Å². The van der Waals surface area contributed by atoms with Crippen molar-refractivity contribution in [2.75, 3.05) is 6.26 Å². The van der Waals surface area contributed by atoms with Gasteiger partial charge in [0.15, 0.2) is 0 Å². The van der Waals surface area contributed by atoms with Gasteiger partial charge >= 0.3 is 0 Å². The maximum Gasteiger partial charge on any atom is 0.264 e. The summed E-state index contributed by atoms with van der Waals surface area (Å²) in [6.07, 6.45) is 0.204. The number of amides is 1. The molecule has 134 valence electrons. The minimum atomic E-state index is -3.70. The summed E-state index contributed by atoms with van der Waals surface area (Å²) in [6, 6.07) is 4.45. The molecule has 2 atom stereocenters. The molecule has 1 aromatic carbocycles. The van der Waals surface area contributed by atoms with Crippen molar-refractivity contribution in [3.05, 3.63) is 29.3 Å². The molecule has 0 spiro atoms. The maximum absolute atomic E-state index is 11.7. The maximum atomic E-state index is 11.7. The lowest BCUT2D eigenvalue weighted by atomic mass is 9.85. The number of fused-ring (bicyclic) bond motifs is 1. The van der Waals surface area contributed by atoms with Crippen LogP contribution >= 0.6 is 0 Å². The third kappa shape index (κ3) is 4.06. The molecule has 0 saturated heterocycles. The van der Waals surface area contributed by atoms with Gasteiger partial charge in [0, 0.05) is 17.2 Å². The van der Waals surface area contributed by atoms with Gasteiger partial charge in [0.05, 0.1) is 12.3 Å². The Bertz CT molecular complexity index is 743. The van der Waals surface area contributed by atoms with Crippen molar-refractivity contribution in [1.29, 1.82) is 0 Å². The van der Waals surface area contributed by atoms with E-state index in [0.29, 0.717) is 16.9 Å². The van der Waals surface area contributed by atoms with Crippen molar-refractivity contribution in [1.82, 2.24) is 5.32 Å². The fourth-order valence-corrected chi connectivity index (χ4v) is 3.56. The Morgan fingerprint density at radius 1 is 1.38 bits per heavy atom. The Labute approximate surface area is 142 Å². The first kappa shape index (κ1) is 18.7. The standard InChI is InChI=1S/C16H24N2O5S/c1-9(2)18-13-11-8-10(15(17)19)6-7-12(11)22-16(3,4)14(13)23-24(5,20)21/h6-9,13-14,18H,1-5H3,(H2,17,19)/t13-,14+/m1/s1. The van der Waals surface area contributed by atoms with Gasteiger partial charge in [-0.15, -0.1) is 0 Å². The van der Waals surface area contributed by atoms with E-state index in [1.807, 2.05) is 13.8 Å². The van der Waals surface area contributed by atoms with Gasteiger partial charge in [-0.05, 0) is 32.0 Å². The van der Waals surface area contributed by atoms with E-state index in [9.17, 15) is 13.2 Å². The predicted molar refractivity (Wildman–Crippen MR) is 90.4 cm³/mol. The van der Waals surface area contributed by atoms with Crippen LogP contribution in [0.15, 0.2) is 18.2 Å². The van der Waals surface area contributed by atoms with Gasteiger partial charge in [0.25, 0.3) is 10.1 Å². The highest BCUT2D eigenvalue weighted by molar-refractivity contribution is 7.86. The molecule has 0 bridgehead atoms. The number of carbonyl (C=O) groups excluding carboxylic acids is 1. The molecule has 0 fully saturated rings. The molecule has 0 aromatic heterocycles. The number of carbonyl (C=O) groups is 1. The first-order valence-corrected chi connectivity index (χ1v) is 9.49. The minimum Gasteiger partial charge on any atom is -0.485 e. The quantitative estimate of drug-likeness (QED) is 0.771. The van der Waals surface area contributed by atoms with E-state index in [4.69, 9.17) is 14.7 Å². The van der Waals surface area contributed by atoms with Crippen LogP contribution in [0.1, 0.15) is 49.7 Å². The molecule has 24 heavy (non-hydrogen) atoms. The smallest absolute Gasteiger partial charge is 0.264 e. The van der Waals surface area contributed by atoms with Gasteiger partial charge in [-0.2, -0.15) is 8.42 Å². The highest BCUT2D eigenvalue weighted by Gasteiger charge is 2.47. The Hall–Kier alpha value is -1.64. The SMILES string of the molecule is CC(C)N[C@@H]1c2cc(C(N)=O)ccc2OC(C)(C)[C@H]1OS(C)(=O)=O. The van der Waals surface area contributed by atoms with Crippen molar-refractivity contribution in [2.45, 2.75) is 51.5 Å². The van der Waals surface area contributed by atoms with Gasteiger partial charge < -0.3 is 15.8 Å². The number of primary amides is 1. The van der Waals surface area contributed by atoms with Crippen LogP contribution in [0, 0.1) is 0 Å². The molecule has 0 radical (unpaired) electrons. The summed E-state index contributed by atoms with van der Waals surface area (Å²) in [5.74, 6) is 0.00279. The van der Waals surface area contributed by atoms with E-state index in [1.54, 1.807) is 32.0 Å². The van der Waals surface area contributed by atoms with Crippen molar-refractivity contribution >= 4 is 16.0 Å². The number of rotatable bonds is 5. The second kappa shape index (κ2) is 6.34. The van der Waals surface area contributed by atoms with Gasteiger partial charge in [0.1, 0.15) is 17.5 Å². The second-order valence-corrected chi connectivity index (χ2v) is 8.44. The predicted octanol–water partition coefficient (Wildman–Crippen LogP) is 1.34. The molecule has 1 aliphatic rings. The number of ether oxygens (including phenoxy) is 1. The molecular weight excluding hydrogens is 332 g/mol. The largest absolute Gasteiger partial charge is 0.485 e. The van der Waals surface area contributed by atoms with E-state index in [0.717, 1.165) is 6.26 Å². The summed E-state index contributed by atoms with van der Waals surface area (Å²) in [5, 5.41) is 3.31. The lowest BCUT2D eigenvalue weighted by Crippen LogP contribution is -2.55. The van der Waals surface area contributed by atoms with Gasteiger partial charge in [-0.1, -0.05) is 13.8 Å². The third-order valence-corrected chi connectivity index (χ3v) is 4.34. The van der Waals surface area contributed by atoms with Gasteiger partial charge in [-0.3, -0.25) is 8.98 Å². The van der Waals surface area contributed by atoms with Crippen LogP contribution in [-0.4, -0.2) is 38.3 Å². The molecule has 7 nitrogen and oxygen atoms in total. The fraction of sp³-hybridized carbons (Fsp3) is 0.562. The zero-order valence-corrected chi connectivity index (χ0v) is 15.3. The lowest BCUT2D eigenvalue weighted by molar-refractivity contribution is -0.0480. The van der Waals surface area contributed by atoms with Crippen LogP contribution < -0.4 is 15.8 Å². The normalized spacial score (nSPS) is 22.8. The molecule has 1 aliphatic heterocycles. The topological polar surface area (TPSA) is 108 Å². The molecule has 0 unspecified atom stereocenters. The molecule has 2 rings (SSSR count). The molecule has 0 saturated carbocycles. The highest BCUT2D eigenvalue weighted by atomic mass is 32.2. The molecule has 1 heterocycles. The van der Waals surface area contributed by atoms with Crippen LogP contribution in [0.25, 0.3) is 0 Å². The summed E-state index contributed by atoms with van der Waals surface area (Å²) in [7, 11) is -3.70. The van der Waals surface area contributed by atoms with Crippen molar-refractivity contribution in [3.8, 4) is 5.75 Å². The fourth-order valence-electron chi connectivity index (χ4n) is 2.84. The Balaban J connectivity index is 2.59. The first-order valence-electron chi connectivity index (χ1n) is 7.68. The van der Waals surface area contributed by atoms with Crippen molar-refractivity contribution in [2.24, 2.45) is 5.73 Å². The Morgan fingerprint density at radius 3 is 2.50 bits per heavy atom. The van der Waals surface area contributed by atoms with Crippen LogP contribution in [0.5, 0.6) is 5.75 Å². The van der Waals surface area contributed by atoms with E-state index >= 15 is 0 Å². The number of nitrogens with two attached hydrogens (primary N) is 1. The summed E-state index contributed by atoms with van der Waals surface area (Å²) >= 11 is 0. The second-order valence-electron chi connectivity index (χ2n) is 6.84. The average molecular weight is 356 g/mol. The number of benzene rings is 1. The summed E-state index contributed by atoms with van der Waals surface area (Å²) in [4.78, 5) is 11.5. The van der Waals surface area contributed by atoms with Crippen LogP contribution in [0.4, 0.5) is 0 Å². The molecule has 0 aliphatic carbocycles. The monoisotopic (exact) mass is 356 g/mol. The zero-order valence-electron chi connectivity index (χ0n) is 14.5. The molecule has 1 aromatic rings. The summed E-state index contributed by atoms with van der Waals surface area (Å²) < 4.78 is 34.7. The highest BCUT2D eigenvalue weighted by Crippen LogP contribution is 2.42. The molecule has 3 N–H and O–H groups in total. The minimum absolute atomic E-state index is 0.0552. The van der Waals surface area contributed by atoms with E-state index < -0.39 is 33.8 Å². The average Bonchev–Trinajstić information content (AvgIpc) is 2.40. The van der Waals surface area contributed by atoms with Crippen molar-refractivity contribution in [3.63, 3.8) is 0 Å². The molecular formula is C16H24N2O5S. The van der Waals surface area contributed by atoms with Crippen molar-refractivity contribution < 1.29 is 22.1 Å². The number of hydrogen-bond acceptors (Lipinski definition) is 6. The van der Waals surface area contributed by atoms with Crippen LogP contribution in [0.2, 0.25) is 0 Å². The Morgan fingerprint density at radius 2 is 2.00 bits per heavy atom. The molecule has 1 amide bonds. The zero-order chi connectivity index (χ0) is 18.3. The van der Waals surface area contributed by atoms with Crippen LogP contribution in [0.3, 0.4) is 0 Å². The third-order valence-electron chi connectivity index (χ3n) is 3.78. The number of hydrogen-bond donors (Lipinski definition) is 2. The Kier molecular flexibility index (Phi) is 4.94. The summed E-state index contributed by atoms with van der Waals surface area (Å²) in [6.45, 7) is 7.42. The lowest BCUT2D eigenvalue weighted by Gasteiger charge is -2.44. The van der Waals surface area contributed by atoms with E-state index in [1.165, 1.54) is 0 Å². The van der Waals surface area contributed by atoms with E-state index in [-0.39, 0.29) is 6.04 Å². The summed E-state index contributed by atoms with van der Waals surface area (Å²) in [5.41, 5.74) is 5.44. The van der Waals surface area contributed by atoms with Gasteiger partial charge in [-0.25, -0.2) is 0 Å². The number of nitrogens with one attached hydrogen (secondary N) is 1. The molecule has 8 heteroatoms.